The largest absolute Gasteiger partial charge is 0.342 e. The lowest BCUT2D eigenvalue weighted by Gasteiger charge is -2.37. The maximum Gasteiger partial charge on any atom is 0.283 e. The molecule has 0 saturated carbocycles. The second-order valence-electron chi connectivity index (χ2n) is 11.5. The molecule has 46 heavy (non-hydrogen) atoms. The van der Waals surface area contributed by atoms with Crippen molar-refractivity contribution in [2.45, 2.75) is 35.8 Å². The quantitative estimate of drug-likeness (QED) is 0.189. The summed E-state index contributed by atoms with van der Waals surface area (Å²) in [5, 5.41) is 4.79. The molecule has 5 aromatic carbocycles. The molecule has 7 rings (SSSR count). The molecule has 3 atom stereocenters. The fourth-order valence-corrected chi connectivity index (χ4v) is 8.08. The number of sulfonamides is 1. The van der Waals surface area contributed by atoms with Crippen LogP contribution in [-0.4, -0.2) is 25.2 Å². The zero-order chi connectivity index (χ0) is 31.9. The molecule has 2 aliphatic rings. The standard InChI is InChI=1S/C37H30BrN3O4S/c1-25-19-21-30(22-20-25)46(43,44)40-36-37(31-17-8-9-18-32(31)39-36)33(28-15-10-16-29(38)23-28)35(42)41(34(37)27-13-6-3-7-14-27)45-24-26-11-4-2-5-12-26/h2-23,33-34H,24H2,1H3,(H,39,40). The number of halogens is 1. The van der Waals surface area contributed by atoms with Gasteiger partial charge in [-0.25, -0.2) is 5.06 Å². The molecule has 0 bridgehead atoms. The third-order valence-corrected chi connectivity index (χ3v) is 10.4. The van der Waals surface area contributed by atoms with Gasteiger partial charge in [-0.1, -0.05) is 125 Å². The van der Waals surface area contributed by atoms with Crippen LogP contribution in [0.2, 0.25) is 0 Å². The monoisotopic (exact) mass is 691 g/mol. The lowest BCUT2D eigenvalue weighted by atomic mass is 9.64. The molecule has 7 nitrogen and oxygen atoms in total. The molecule has 2 heterocycles. The first-order chi connectivity index (χ1) is 22.3. The van der Waals surface area contributed by atoms with E-state index < -0.39 is 27.4 Å². The Morgan fingerprint density at radius 1 is 0.826 bits per heavy atom. The van der Waals surface area contributed by atoms with Gasteiger partial charge in [0, 0.05) is 10.2 Å². The minimum atomic E-state index is -4.21. The van der Waals surface area contributed by atoms with Crippen molar-refractivity contribution in [3.05, 3.63) is 166 Å². The highest BCUT2D eigenvalue weighted by Crippen LogP contribution is 2.62. The SMILES string of the molecule is Cc1ccc(S(=O)(=O)/N=C2\Nc3ccccc3C23C(c2cccc(Br)c2)C(=O)N(OCc2ccccc2)C3c2ccccc2)cc1. The predicted octanol–water partition coefficient (Wildman–Crippen LogP) is 7.71. The first kappa shape index (κ1) is 30.1. The van der Waals surface area contributed by atoms with Crippen molar-refractivity contribution in [1.82, 2.24) is 5.06 Å². The van der Waals surface area contributed by atoms with Crippen molar-refractivity contribution in [2.24, 2.45) is 4.40 Å². The van der Waals surface area contributed by atoms with E-state index in [0.29, 0.717) is 11.3 Å². The van der Waals surface area contributed by atoms with Crippen molar-refractivity contribution in [3.8, 4) is 0 Å². The number of rotatable bonds is 7. The summed E-state index contributed by atoms with van der Waals surface area (Å²) in [5.41, 5.74) is 3.42. The summed E-state index contributed by atoms with van der Waals surface area (Å²) in [6.45, 7) is 2.04. The van der Waals surface area contributed by atoms with E-state index in [2.05, 4.69) is 25.6 Å². The smallest absolute Gasteiger partial charge is 0.283 e. The van der Waals surface area contributed by atoms with Gasteiger partial charge in [-0.15, -0.1) is 4.40 Å². The van der Waals surface area contributed by atoms with E-state index in [9.17, 15) is 13.2 Å². The highest BCUT2D eigenvalue weighted by atomic mass is 79.9. The van der Waals surface area contributed by atoms with Gasteiger partial charge in [-0.05, 0) is 59.5 Å². The Balaban J connectivity index is 1.52. The number of para-hydroxylation sites is 1. The van der Waals surface area contributed by atoms with Gasteiger partial charge >= 0.3 is 0 Å². The number of hydroxylamine groups is 2. The molecule has 2 aliphatic heterocycles. The minimum Gasteiger partial charge on any atom is -0.342 e. The number of hydrogen-bond acceptors (Lipinski definition) is 4. The number of nitrogens with one attached hydrogen (secondary N) is 1. The average Bonchev–Trinajstić information content (AvgIpc) is 3.51. The fraction of sp³-hybridized carbons (Fsp3) is 0.135. The Bertz CT molecular complexity index is 2050. The number of hydrogen-bond donors (Lipinski definition) is 1. The average molecular weight is 693 g/mol. The summed E-state index contributed by atoms with van der Waals surface area (Å²) in [6.07, 6.45) is 0. The Kier molecular flexibility index (Phi) is 7.84. The van der Waals surface area contributed by atoms with Crippen LogP contribution in [0, 0.1) is 6.92 Å². The summed E-state index contributed by atoms with van der Waals surface area (Å²) < 4.78 is 33.4. The molecule has 3 unspecified atom stereocenters. The van der Waals surface area contributed by atoms with Gasteiger partial charge in [-0.2, -0.15) is 8.42 Å². The van der Waals surface area contributed by atoms with Crippen LogP contribution in [-0.2, 0) is 31.7 Å². The lowest BCUT2D eigenvalue weighted by Crippen LogP contribution is -2.44. The van der Waals surface area contributed by atoms with Crippen LogP contribution in [0.25, 0.3) is 0 Å². The third kappa shape index (κ3) is 5.14. The van der Waals surface area contributed by atoms with E-state index in [-0.39, 0.29) is 23.2 Å². The summed E-state index contributed by atoms with van der Waals surface area (Å²) in [4.78, 5) is 21.5. The molecule has 0 aliphatic carbocycles. The second-order valence-corrected chi connectivity index (χ2v) is 14.0. The fourth-order valence-electron chi connectivity index (χ4n) is 6.64. The zero-order valence-corrected chi connectivity index (χ0v) is 27.3. The summed E-state index contributed by atoms with van der Waals surface area (Å²) in [6, 6.07) is 40.2. The van der Waals surface area contributed by atoms with E-state index in [1.54, 1.807) is 24.3 Å². The van der Waals surface area contributed by atoms with Crippen LogP contribution in [0.3, 0.4) is 0 Å². The van der Waals surface area contributed by atoms with Gasteiger partial charge in [0.05, 0.1) is 16.2 Å². The van der Waals surface area contributed by atoms with Crippen LogP contribution < -0.4 is 5.32 Å². The molecule has 9 heteroatoms. The van der Waals surface area contributed by atoms with Gasteiger partial charge in [0.15, 0.2) is 0 Å². The first-order valence-electron chi connectivity index (χ1n) is 14.9. The van der Waals surface area contributed by atoms with E-state index in [1.807, 2.05) is 116 Å². The normalized spacial score (nSPS) is 21.5. The molecule has 1 fully saturated rings. The van der Waals surface area contributed by atoms with Crippen molar-refractivity contribution >= 4 is 43.4 Å². The molecule has 1 amide bonds. The number of fused-ring (bicyclic) bond motifs is 2. The maximum atomic E-state index is 15.0. The molecule has 230 valence electrons. The molecular weight excluding hydrogens is 662 g/mol. The minimum absolute atomic E-state index is 0.0651. The van der Waals surface area contributed by atoms with Gasteiger partial charge in [0.2, 0.25) is 0 Å². The summed E-state index contributed by atoms with van der Waals surface area (Å²) in [7, 11) is -4.21. The van der Waals surface area contributed by atoms with Crippen molar-refractivity contribution < 1.29 is 18.0 Å². The third-order valence-electron chi connectivity index (χ3n) is 8.64. The van der Waals surface area contributed by atoms with Gasteiger partial charge in [-0.3, -0.25) is 9.63 Å². The molecule has 0 aromatic heterocycles. The molecule has 5 aromatic rings. The number of aryl methyl sites for hydroxylation is 1. The first-order valence-corrected chi connectivity index (χ1v) is 17.1. The van der Waals surface area contributed by atoms with Crippen LogP contribution in [0.4, 0.5) is 5.69 Å². The Hall–Kier alpha value is -4.57. The Labute approximate surface area is 276 Å². The van der Waals surface area contributed by atoms with Crippen molar-refractivity contribution in [2.75, 3.05) is 5.32 Å². The van der Waals surface area contributed by atoms with Crippen molar-refractivity contribution in [1.29, 1.82) is 0 Å². The summed E-state index contributed by atoms with van der Waals surface area (Å²) in [5.74, 6) is -1.04. The number of nitrogens with zero attached hydrogens (tertiary/aromatic N) is 2. The number of carbonyl (C=O) groups excluding carboxylic acids is 1. The molecule has 1 N–H and O–H groups in total. The number of benzene rings is 5. The number of anilines is 1. The number of amides is 1. The molecule has 1 saturated heterocycles. The van der Waals surface area contributed by atoms with E-state index in [1.165, 1.54) is 5.06 Å². The molecule has 1 spiro atoms. The highest BCUT2D eigenvalue weighted by molar-refractivity contribution is 9.10. The molecule has 0 radical (unpaired) electrons. The Morgan fingerprint density at radius 2 is 1.48 bits per heavy atom. The van der Waals surface area contributed by atoms with Crippen LogP contribution in [0.5, 0.6) is 0 Å². The van der Waals surface area contributed by atoms with Crippen molar-refractivity contribution in [3.63, 3.8) is 0 Å². The summed E-state index contributed by atoms with van der Waals surface area (Å²) >= 11 is 3.60. The lowest BCUT2D eigenvalue weighted by molar-refractivity contribution is -0.198. The van der Waals surface area contributed by atoms with E-state index in [4.69, 9.17) is 4.84 Å². The second kappa shape index (κ2) is 12.0. The topological polar surface area (TPSA) is 88.1 Å². The predicted molar refractivity (Wildman–Crippen MR) is 182 cm³/mol. The van der Waals surface area contributed by atoms with Gasteiger partial charge in [0.25, 0.3) is 15.9 Å². The van der Waals surface area contributed by atoms with Crippen LogP contribution in [0.1, 0.15) is 39.8 Å². The highest BCUT2D eigenvalue weighted by Gasteiger charge is 2.67. The zero-order valence-electron chi connectivity index (χ0n) is 24.9. The number of amidine groups is 1. The van der Waals surface area contributed by atoms with E-state index >= 15 is 0 Å². The number of carbonyl (C=O) groups is 1. The van der Waals surface area contributed by atoms with Crippen LogP contribution in [0.15, 0.2) is 147 Å². The van der Waals surface area contributed by atoms with E-state index in [0.717, 1.165) is 26.7 Å². The maximum absolute atomic E-state index is 15.0. The van der Waals surface area contributed by atoms with Gasteiger partial charge in [0.1, 0.15) is 18.5 Å². The molecular formula is C37H30BrN3O4S. The van der Waals surface area contributed by atoms with Gasteiger partial charge < -0.3 is 5.32 Å². The Morgan fingerprint density at radius 3 is 2.20 bits per heavy atom. The van der Waals surface area contributed by atoms with Crippen LogP contribution >= 0.6 is 15.9 Å².